The fourth-order valence-electron chi connectivity index (χ4n) is 3.94. The summed E-state index contributed by atoms with van der Waals surface area (Å²) in [5, 5.41) is 6.13. The summed E-state index contributed by atoms with van der Waals surface area (Å²) in [6.45, 7) is 4.15. The normalized spacial score (nSPS) is 14.2. The third-order valence-corrected chi connectivity index (χ3v) is 5.37. The Morgan fingerprint density at radius 3 is 2.45 bits per heavy atom. The van der Waals surface area contributed by atoms with E-state index in [2.05, 4.69) is 11.1 Å². The molecule has 150 valence electrons. The molecule has 0 aliphatic carbocycles. The van der Waals surface area contributed by atoms with Crippen LogP contribution in [0.25, 0.3) is 10.8 Å². The van der Waals surface area contributed by atoms with Crippen molar-refractivity contribution in [1.29, 1.82) is 0 Å². The fourth-order valence-corrected chi connectivity index (χ4v) is 3.94. The predicted octanol–water partition coefficient (Wildman–Crippen LogP) is 4.41. The first-order chi connectivity index (χ1) is 14.2. The fraction of sp³-hybridized carbons (Fsp3) is 0.292. The van der Waals surface area contributed by atoms with E-state index in [1.165, 1.54) is 0 Å². The van der Waals surface area contributed by atoms with Gasteiger partial charge in [0.2, 0.25) is 5.91 Å². The number of nitrogens with two attached hydrogens (primary N) is 1. The van der Waals surface area contributed by atoms with E-state index < -0.39 is 0 Å². The summed E-state index contributed by atoms with van der Waals surface area (Å²) >= 11 is 0. The maximum absolute atomic E-state index is 13.2. The molecule has 4 rings (SSSR count). The predicted molar refractivity (Wildman–Crippen MR) is 118 cm³/mol. The zero-order valence-corrected chi connectivity index (χ0v) is 16.8. The van der Waals surface area contributed by atoms with Crippen molar-refractivity contribution in [2.75, 3.05) is 30.4 Å². The zero-order chi connectivity index (χ0) is 20.2. The molecule has 1 fully saturated rings. The number of hydrogen-bond donors (Lipinski definition) is 1. The number of benzene rings is 3. The van der Waals surface area contributed by atoms with Gasteiger partial charge in [0.05, 0.1) is 18.7 Å². The number of carbonyl (C=O) groups excluding carboxylic acids is 1. The van der Waals surface area contributed by atoms with Crippen LogP contribution in [0, 0.1) is 0 Å². The molecule has 1 aliphatic heterocycles. The van der Waals surface area contributed by atoms with Crippen LogP contribution in [0.15, 0.2) is 60.7 Å². The van der Waals surface area contributed by atoms with E-state index in [0.29, 0.717) is 13.0 Å². The molecule has 3 aromatic carbocycles. The van der Waals surface area contributed by atoms with Gasteiger partial charge < -0.3 is 10.5 Å². The lowest BCUT2D eigenvalue weighted by atomic mass is 10.1. The third-order valence-electron chi connectivity index (χ3n) is 5.37. The minimum absolute atomic E-state index is 0.106. The maximum Gasteiger partial charge on any atom is 0.245 e. The van der Waals surface area contributed by atoms with Crippen LogP contribution in [-0.2, 0) is 11.2 Å². The average molecular weight is 389 g/mol. The summed E-state index contributed by atoms with van der Waals surface area (Å²) < 4.78 is 5.49. The van der Waals surface area contributed by atoms with Crippen molar-refractivity contribution < 1.29 is 9.53 Å². The highest BCUT2D eigenvalue weighted by molar-refractivity contribution is 6.01. The summed E-state index contributed by atoms with van der Waals surface area (Å²) in [7, 11) is 0. The van der Waals surface area contributed by atoms with E-state index in [4.69, 9.17) is 10.5 Å². The topological polar surface area (TPSA) is 58.8 Å². The van der Waals surface area contributed by atoms with Crippen LogP contribution < -0.4 is 15.5 Å². The molecule has 5 nitrogen and oxygen atoms in total. The van der Waals surface area contributed by atoms with Crippen LogP contribution >= 0.6 is 0 Å². The van der Waals surface area contributed by atoms with Gasteiger partial charge in [0.1, 0.15) is 5.75 Å². The number of hydrogen-bond acceptors (Lipinski definition) is 4. The Morgan fingerprint density at radius 2 is 1.69 bits per heavy atom. The van der Waals surface area contributed by atoms with Crippen molar-refractivity contribution in [3.8, 4) is 5.75 Å². The number of anilines is 2. The van der Waals surface area contributed by atoms with Crippen molar-refractivity contribution in [2.45, 2.75) is 26.2 Å². The summed E-state index contributed by atoms with van der Waals surface area (Å²) in [5.41, 5.74) is 8.96. The molecule has 29 heavy (non-hydrogen) atoms. The average Bonchev–Trinajstić information content (AvgIpc) is 2.76. The van der Waals surface area contributed by atoms with Gasteiger partial charge in [-0.25, -0.2) is 0 Å². The molecule has 0 bridgehead atoms. The Bertz CT molecular complexity index is 1000. The monoisotopic (exact) mass is 389 g/mol. The molecule has 3 aromatic rings. The molecule has 1 saturated heterocycles. The number of amides is 1. The van der Waals surface area contributed by atoms with E-state index in [1.807, 2.05) is 66.5 Å². The molecule has 0 radical (unpaired) electrons. The molecule has 1 heterocycles. The molecule has 0 spiro atoms. The molecule has 1 aliphatic rings. The first-order valence-corrected chi connectivity index (χ1v) is 10.2. The van der Waals surface area contributed by atoms with Crippen LogP contribution in [0.4, 0.5) is 11.4 Å². The molecular formula is C24H27N3O2. The van der Waals surface area contributed by atoms with Crippen LogP contribution in [-0.4, -0.2) is 30.6 Å². The quantitative estimate of drug-likeness (QED) is 0.657. The molecule has 0 atom stereocenters. The second-order valence-corrected chi connectivity index (χ2v) is 7.32. The first-order valence-electron chi connectivity index (χ1n) is 10.2. The summed E-state index contributed by atoms with van der Waals surface area (Å²) in [5.74, 6) is 0.936. The van der Waals surface area contributed by atoms with Gasteiger partial charge in [-0.05, 0) is 49.6 Å². The van der Waals surface area contributed by atoms with E-state index in [9.17, 15) is 4.79 Å². The summed E-state index contributed by atoms with van der Waals surface area (Å²) in [4.78, 5) is 13.2. The number of carbonyl (C=O) groups is 1. The Kier molecular flexibility index (Phi) is 5.56. The smallest absolute Gasteiger partial charge is 0.245 e. The molecular weight excluding hydrogens is 362 g/mol. The number of nitrogens with zero attached hydrogens (tertiary/aromatic N) is 2. The number of ether oxygens (including phenoxy) is 1. The van der Waals surface area contributed by atoms with Gasteiger partial charge in [-0.3, -0.25) is 14.8 Å². The Labute approximate surface area is 171 Å². The van der Waals surface area contributed by atoms with Gasteiger partial charge in [-0.1, -0.05) is 36.4 Å². The van der Waals surface area contributed by atoms with Gasteiger partial charge in [0.25, 0.3) is 0 Å². The Hall–Kier alpha value is -3.21. The van der Waals surface area contributed by atoms with Gasteiger partial charge in [-0.15, -0.1) is 0 Å². The highest BCUT2D eigenvalue weighted by Gasteiger charge is 2.26. The van der Waals surface area contributed by atoms with E-state index in [-0.39, 0.29) is 5.91 Å². The van der Waals surface area contributed by atoms with E-state index in [1.54, 1.807) is 0 Å². The molecule has 0 saturated carbocycles. The van der Waals surface area contributed by atoms with Crippen LogP contribution in [0.5, 0.6) is 5.75 Å². The molecule has 2 N–H and O–H groups in total. The summed E-state index contributed by atoms with van der Waals surface area (Å²) in [6.07, 6.45) is 2.44. The van der Waals surface area contributed by atoms with Crippen molar-refractivity contribution in [3.63, 3.8) is 0 Å². The lowest BCUT2D eigenvalue weighted by Gasteiger charge is -2.41. The van der Waals surface area contributed by atoms with Crippen LogP contribution in [0.1, 0.15) is 25.3 Å². The van der Waals surface area contributed by atoms with Gasteiger partial charge >= 0.3 is 0 Å². The molecule has 5 heteroatoms. The van der Waals surface area contributed by atoms with Crippen molar-refractivity contribution in [3.05, 3.63) is 66.2 Å². The number of fused-ring (bicyclic) bond motifs is 1. The second-order valence-electron chi connectivity index (χ2n) is 7.32. The van der Waals surface area contributed by atoms with E-state index in [0.717, 1.165) is 59.4 Å². The molecule has 1 amide bonds. The Morgan fingerprint density at radius 1 is 0.966 bits per heavy atom. The van der Waals surface area contributed by atoms with Crippen LogP contribution in [0.2, 0.25) is 0 Å². The standard InChI is InChI=1S/C24H27N3O2/c1-2-29-19-11-9-18(10-12-19)17-24(28)27-16-6-5-15-26(27)23-14-13-22(25)20-7-3-4-8-21(20)23/h3-4,7-14H,2,5-6,15-17,25H2,1H3. The highest BCUT2D eigenvalue weighted by atomic mass is 16.5. The van der Waals surface area contributed by atoms with Gasteiger partial charge in [-0.2, -0.15) is 0 Å². The maximum atomic E-state index is 13.2. The van der Waals surface area contributed by atoms with Gasteiger partial charge in [0, 0.05) is 29.5 Å². The van der Waals surface area contributed by atoms with Crippen molar-refractivity contribution >= 4 is 28.1 Å². The minimum Gasteiger partial charge on any atom is -0.494 e. The largest absolute Gasteiger partial charge is 0.494 e. The van der Waals surface area contributed by atoms with Gasteiger partial charge in [0.15, 0.2) is 0 Å². The zero-order valence-electron chi connectivity index (χ0n) is 16.8. The van der Waals surface area contributed by atoms with Crippen LogP contribution in [0.3, 0.4) is 0 Å². The number of rotatable bonds is 5. The van der Waals surface area contributed by atoms with E-state index >= 15 is 0 Å². The number of hydrazine groups is 1. The Balaban J connectivity index is 1.59. The molecule has 0 aromatic heterocycles. The molecule has 0 unspecified atom stereocenters. The van der Waals surface area contributed by atoms with Crippen molar-refractivity contribution in [1.82, 2.24) is 5.01 Å². The second kappa shape index (κ2) is 8.43. The highest BCUT2D eigenvalue weighted by Crippen LogP contribution is 2.33. The lowest BCUT2D eigenvalue weighted by molar-refractivity contribution is -0.131. The third kappa shape index (κ3) is 3.99. The summed E-state index contributed by atoms with van der Waals surface area (Å²) in [6, 6.07) is 19.9. The minimum atomic E-state index is 0.106. The lowest BCUT2D eigenvalue weighted by Crippen LogP contribution is -2.51. The first kappa shape index (κ1) is 19.1. The van der Waals surface area contributed by atoms with Crippen molar-refractivity contribution in [2.24, 2.45) is 0 Å². The number of nitrogen functional groups attached to an aromatic ring is 1. The SMILES string of the molecule is CCOc1ccc(CC(=O)N2CCCCN2c2ccc(N)c3ccccc23)cc1.